The largest absolute Gasteiger partial charge is 0.391 e. The molecule has 0 aliphatic carbocycles. The van der Waals surface area contributed by atoms with E-state index in [1.165, 1.54) is 0 Å². The van der Waals surface area contributed by atoms with Gasteiger partial charge in [0, 0.05) is 6.54 Å². The van der Waals surface area contributed by atoms with Crippen LogP contribution in [0.5, 0.6) is 0 Å². The lowest BCUT2D eigenvalue weighted by Crippen LogP contribution is -2.20. The zero-order valence-electron chi connectivity index (χ0n) is 10.4. The van der Waals surface area contributed by atoms with Crippen molar-refractivity contribution in [2.75, 3.05) is 17.6 Å². The Bertz CT molecular complexity index is 529. The molecule has 1 heterocycles. The van der Waals surface area contributed by atoms with Crippen molar-refractivity contribution in [1.82, 2.24) is 9.97 Å². The number of hydrogen-bond acceptors (Lipinski definition) is 5. The molecule has 0 spiro atoms. The molecule has 0 aliphatic heterocycles. The normalized spacial score (nSPS) is 12.6. The highest BCUT2D eigenvalue weighted by Gasteiger charge is 2.07. The third-order valence-electron chi connectivity index (χ3n) is 2.72. The molecule has 0 bridgehead atoms. The first-order valence-electron chi connectivity index (χ1n) is 6.15. The van der Waals surface area contributed by atoms with Crippen molar-refractivity contribution in [3.8, 4) is 0 Å². The van der Waals surface area contributed by atoms with Crippen LogP contribution >= 0.6 is 0 Å². The van der Waals surface area contributed by atoms with Crippen LogP contribution in [0.4, 0.5) is 11.6 Å². The van der Waals surface area contributed by atoms with Crippen LogP contribution in [0.1, 0.15) is 19.8 Å². The zero-order valence-corrected chi connectivity index (χ0v) is 10.4. The lowest BCUT2D eigenvalue weighted by molar-refractivity contribution is 0.176. The quantitative estimate of drug-likeness (QED) is 0.749. The van der Waals surface area contributed by atoms with Gasteiger partial charge in [-0.3, -0.25) is 0 Å². The predicted molar refractivity (Wildman–Crippen MR) is 73.4 cm³/mol. The van der Waals surface area contributed by atoms with E-state index in [1.807, 2.05) is 31.2 Å². The minimum absolute atomic E-state index is 0.359. The Hall–Kier alpha value is -1.88. The summed E-state index contributed by atoms with van der Waals surface area (Å²) in [5.74, 6) is 0.890. The Labute approximate surface area is 106 Å². The molecule has 18 heavy (non-hydrogen) atoms. The zero-order chi connectivity index (χ0) is 13.0. The Kier molecular flexibility index (Phi) is 3.94. The summed E-state index contributed by atoms with van der Waals surface area (Å²) in [5.41, 5.74) is 7.39. The van der Waals surface area contributed by atoms with Crippen LogP contribution < -0.4 is 11.1 Å². The molecule has 96 valence electrons. The molecule has 4 N–H and O–H groups in total. The molecular weight excluding hydrogens is 228 g/mol. The summed E-state index contributed by atoms with van der Waals surface area (Å²) in [6.45, 7) is 2.47. The smallest absolute Gasteiger partial charge is 0.169 e. The second-order valence-electron chi connectivity index (χ2n) is 4.27. The van der Waals surface area contributed by atoms with Crippen molar-refractivity contribution in [3.63, 3.8) is 0 Å². The third-order valence-corrected chi connectivity index (χ3v) is 2.72. The maximum Gasteiger partial charge on any atom is 0.169 e. The summed E-state index contributed by atoms with van der Waals surface area (Å²) in [4.78, 5) is 8.67. The van der Waals surface area contributed by atoms with Gasteiger partial charge < -0.3 is 16.2 Å². The molecule has 0 saturated carbocycles. The van der Waals surface area contributed by atoms with Gasteiger partial charge in [0.25, 0.3) is 0 Å². The van der Waals surface area contributed by atoms with E-state index in [-0.39, 0.29) is 6.10 Å². The number of fused-ring (bicyclic) bond motifs is 1. The average Bonchev–Trinajstić information content (AvgIpc) is 2.36. The number of para-hydroxylation sites is 2. The van der Waals surface area contributed by atoms with Gasteiger partial charge in [-0.15, -0.1) is 0 Å². The lowest BCUT2D eigenvalue weighted by atomic mass is 10.2. The summed E-state index contributed by atoms with van der Waals surface area (Å²) >= 11 is 0. The molecule has 1 aromatic carbocycles. The van der Waals surface area contributed by atoms with Crippen molar-refractivity contribution in [2.45, 2.75) is 25.9 Å². The van der Waals surface area contributed by atoms with Gasteiger partial charge in [0.15, 0.2) is 11.6 Å². The maximum absolute atomic E-state index is 9.66. The number of benzene rings is 1. The van der Waals surface area contributed by atoms with Crippen LogP contribution in [-0.4, -0.2) is 27.7 Å². The first-order chi connectivity index (χ1) is 8.70. The van der Waals surface area contributed by atoms with Crippen LogP contribution in [0.15, 0.2) is 24.3 Å². The van der Waals surface area contributed by atoms with Gasteiger partial charge in [-0.2, -0.15) is 0 Å². The average molecular weight is 246 g/mol. The molecule has 5 nitrogen and oxygen atoms in total. The molecule has 2 rings (SSSR count). The number of nitrogens with zero attached hydrogens (tertiary/aromatic N) is 2. The number of rotatable bonds is 5. The van der Waals surface area contributed by atoms with Crippen LogP contribution in [0.25, 0.3) is 11.0 Å². The number of aliphatic hydroxyl groups excluding tert-OH is 1. The monoisotopic (exact) mass is 246 g/mol. The lowest BCUT2D eigenvalue weighted by Gasteiger charge is -2.12. The molecule has 5 heteroatoms. The van der Waals surface area contributed by atoms with Gasteiger partial charge in [-0.05, 0) is 18.6 Å². The summed E-state index contributed by atoms with van der Waals surface area (Å²) in [6, 6.07) is 7.56. The topological polar surface area (TPSA) is 84.1 Å². The second-order valence-corrected chi connectivity index (χ2v) is 4.27. The molecule has 0 saturated heterocycles. The van der Waals surface area contributed by atoms with Crippen molar-refractivity contribution < 1.29 is 5.11 Å². The standard InChI is InChI=1S/C13H18N4O/c1-2-5-9(18)8-15-13-12(14)16-10-6-3-4-7-11(10)17-13/h3-4,6-7,9,18H,2,5,8H2,1H3,(H2,14,16)(H,15,17). The molecule has 1 atom stereocenters. The summed E-state index contributed by atoms with van der Waals surface area (Å²) in [7, 11) is 0. The van der Waals surface area contributed by atoms with Crippen molar-refractivity contribution in [2.24, 2.45) is 0 Å². The molecule has 0 aliphatic rings. The molecule has 0 radical (unpaired) electrons. The molecule has 0 amide bonds. The van der Waals surface area contributed by atoms with E-state index in [4.69, 9.17) is 5.73 Å². The summed E-state index contributed by atoms with van der Waals surface area (Å²) in [5, 5.41) is 12.7. The van der Waals surface area contributed by atoms with Gasteiger partial charge >= 0.3 is 0 Å². The number of aromatic nitrogens is 2. The van der Waals surface area contributed by atoms with E-state index in [0.717, 1.165) is 23.9 Å². The second kappa shape index (κ2) is 5.64. The first-order valence-corrected chi connectivity index (χ1v) is 6.15. The molecular formula is C13H18N4O. The van der Waals surface area contributed by atoms with E-state index >= 15 is 0 Å². The van der Waals surface area contributed by atoms with E-state index in [1.54, 1.807) is 0 Å². The number of anilines is 2. The number of nitrogens with one attached hydrogen (secondary N) is 1. The molecule has 0 fully saturated rings. The summed E-state index contributed by atoms with van der Waals surface area (Å²) in [6.07, 6.45) is 1.32. The highest BCUT2D eigenvalue weighted by molar-refractivity contribution is 5.79. The highest BCUT2D eigenvalue weighted by atomic mass is 16.3. The van der Waals surface area contributed by atoms with Crippen molar-refractivity contribution >= 4 is 22.7 Å². The fourth-order valence-electron chi connectivity index (χ4n) is 1.79. The van der Waals surface area contributed by atoms with Crippen molar-refractivity contribution in [3.05, 3.63) is 24.3 Å². The summed E-state index contributed by atoms with van der Waals surface area (Å²) < 4.78 is 0. The highest BCUT2D eigenvalue weighted by Crippen LogP contribution is 2.18. The number of nitrogen functional groups attached to an aromatic ring is 1. The fraction of sp³-hybridized carbons (Fsp3) is 0.385. The van der Waals surface area contributed by atoms with Gasteiger partial charge in [0.1, 0.15) is 0 Å². The Morgan fingerprint density at radius 1 is 1.28 bits per heavy atom. The van der Waals surface area contributed by atoms with Gasteiger partial charge in [-0.1, -0.05) is 25.5 Å². The molecule has 2 aromatic rings. The van der Waals surface area contributed by atoms with E-state index in [0.29, 0.717) is 18.2 Å². The number of hydrogen-bond donors (Lipinski definition) is 3. The predicted octanol–water partition coefficient (Wildman–Crippen LogP) is 1.78. The Balaban J connectivity index is 2.15. The molecule has 1 unspecified atom stereocenters. The van der Waals surface area contributed by atoms with E-state index < -0.39 is 0 Å². The minimum atomic E-state index is -0.386. The maximum atomic E-state index is 9.66. The minimum Gasteiger partial charge on any atom is -0.391 e. The Morgan fingerprint density at radius 2 is 1.94 bits per heavy atom. The third kappa shape index (κ3) is 2.87. The van der Waals surface area contributed by atoms with E-state index in [2.05, 4.69) is 15.3 Å². The van der Waals surface area contributed by atoms with Gasteiger partial charge in [0.2, 0.25) is 0 Å². The number of aliphatic hydroxyl groups is 1. The van der Waals surface area contributed by atoms with Crippen LogP contribution in [0.3, 0.4) is 0 Å². The van der Waals surface area contributed by atoms with Gasteiger partial charge in [0.05, 0.1) is 17.1 Å². The van der Waals surface area contributed by atoms with Crippen LogP contribution in [-0.2, 0) is 0 Å². The first kappa shape index (κ1) is 12.6. The number of nitrogens with two attached hydrogens (primary N) is 1. The van der Waals surface area contributed by atoms with Crippen LogP contribution in [0, 0.1) is 0 Å². The SMILES string of the molecule is CCCC(O)CNc1nc2ccccc2nc1N. The van der Waals surface area contributed by atoms with Crippen molar-refractivity contribution in [1.29, 1.82) is 0 Å². The van der Waals surface area contributed by atoms with Gasteiger partial charge in [-0.25, -0.2) is 9.97 Å². The van der Waals surface area contributed by atoms with E-state index in [9.17, 15) is 5.11 Å². The fourth-order valence-corrected chi connectivity index (χ4v) is 1.79. The Morgan fingerprint density at radius 3 is 2.61 bits per heavy atom. The molecule has 1 aromatic heterocycles. The van der Waals surface area contributed by atoms with Crippen LogP contribution in [0.2, 0.25) is 0 Å².